The molecule has 0 saturated heterocycles. The van der Waals surface area contributed by atoms with Crippen LogP contribution in [0.25, 0.3) is 0 Å². The molecular weight excluding hydrogens is 304 g/mol. The van der Waals surface area contributed by atoms with Crippen LogP contribution in [0.2, 0.25) is 0 Å². The van der Waals surface area contributed by atoms with Gasteiger partial charge in [-0.05, 0) is 28.8 Å². The second kappa shape index (κ2) is 5.90. The number of carbonyl (C=O) groups is 2. The van der Waals surface area contributed by atoms with Gasteiger partial charge >= 0.3 is 11.9 Å². The highest BCUT2D eigenvalue weighted by atomic mass is 79.9. The Morgan fingerprint density at radius 3 is 1.78 bits per heavy atom. The van der Waals surface area contributed by atoms with Crippen LogP contribution in [-0.4, -0.2) is 32.1 Å². The predicted molar refractivity (Wildman–Crippen MR) is 66.5 cm³/mol. The van der Waals surface area contributed by atoms with Crippen LogP contribution in [0.15, 0.2) is 4.47 Å². The summed E-state index contributed by atoms with van der Waals surface area (Å²) in [6, 6.07) is 0. The molecular formula is C11H13BrN2O4. The number of aryl methyl sites for hydroxylation is 2. The van der Waals surface area contributed by atoms with E-state index < -0.39 is 17.9 Å². The lowest BCUT2D eigenvalue weighted by Gasteiger charge is -2.11. The lowest BCUT2D eigenvalue weighted by molar-refractivity contribution is -0.150. The van der Waals surface area contributed by atoms with Crippen LogP contribution in [0.4, 0.5) is 0 Å². The van der Waals surface area contributed by atoms with Gasteiger partial charge in [0.2, 0.25) is 5.92 Å². The van der Waals surface area contributed by atoms with Crippen molar-refractivity contribution in [3.05, 3.63) is 21.7 Å². The van der Waals surface area contributed by atoms with E-state index in [-0.39, 0.29) is 5.82 Å². The number of carboxylic acids is 2. The first-order valence-electron chi connectivity index (χ1n) is 5.43. The van der Waals surface area contributed by atoms with Crippen molar-refractivity contribution >= 4 is 27.9 Å². The van der Waals surface area contributed by atoms with E-state index in [4.69, 9.17) is 10.2 Å². The summed E-state index contributed by atoms with van der Waals surface area (Å²) < 4.78 is 0.714. The van der Waals surface area contributed by atoms with Gasteiger partial charge in [0.1, 0.15) is 0 Å². The van der Waals surface area contributed by atoms with Gasteiger partial charge in [-0.15, -0.1) is 0 Å². The number of carboxylic acid groups (broad SMARTS) is 2. The zero-order valence-electron chi connectivity index (χ0n) is 9.97. The minimum Gasteiger partial charge on any atom is -0.480 e. The summed E-state index contributed by atoms with van der Waals surface area (Å²) in [5.74, 6) is -4.83. The molecule has 0 aliphatic rings. The van der Waals surface area contributed by atoms with Crippen molar-refractivity contribution in [1.82, 2.24) is 9.97 Å². The molecule has 0 saturated carbocycles. The molecule has 2 N–H and O–H groups in total. The van der Waals surface area contributed by atoms with Crippen molar-refractivity contribution in [1.29, 1.82) is 0 Å². The maximum absolute atomic E-state index is 11.0. The molecule has 1 aromatic heterocycles. The van der Waals surface area contributed by atoms with Gasteiger partial charge in [0.15, 0.2) is 5.82 Å². The third kappa shape index (κ3) is 2.84. The molecule has 0 amide bonds. The van der Waals surface area contributed by atoms with Crippen molar-refractivity contribution in [2.45, 2.75) is 32.6 Å². The molecule has 1 rings (SSSR count). The van der Waals surface area contributed by atoms with E-state index in [1.165, 1.54) is 0 Å². The maximum atomic E-state index is 11.0. The van der Waals surface area contributed by atoms with Crippen molar-refractivity contribution in [3.8, 4) is 0 Å². The van der Waals surface area contributed by atoms with E-state index in [1.54, 1.807) is 0 Å². The van der Waals surface area contributed by atoms with Gasteiger partial charge in [0.05, 0.1) is 15.9 Å². The molecule has 0 aromatic carbocycles. The van der Waals surface area contributed by atoms with Crippen LogP contribution in [0.1, 0.15) is 37.0 Å². The zero-order chi connectivity index (χ0) is 13.9. The van der Waals surface area contributed by atoms with Crippen molar-refractivity contribution in [3.63, 3.8) is 0 Å². The Hall–Kier alpha value is -1.50. The standard InChI is InChI=1S/C11H13BrN2O4/c1-3-5-8(12)6(4-2)14-9(13-5)7(10(15)16)11(17)18/h7H,3-4H2,1-2H3,(H,15,16)(H,17,18). The minimum absolute atomic E-state index is 0.174. The van der Waals surface area contributed by atoms with Crippen molar-refractivity contribution < 1.29 is 19.8 Å². The third-order valence-electron chi connectivity index (χ3n) is 2.43. The zero-order valence-corrected chi connectivity index (χ0v) is 11.6. The summed E-state index contributed by atoms with van der Waals surface area (Å²) in [6.45, 7) is 3.71. The monoisotopic (exact) mass is 316 g/mol. The molecule has 0 spiro atoms. The second-order valence-corrected chi connectivity index (χ2v) is 4.40. The fraction of sp³-hybridized carbons (Fsp3) is 0.455. The SMILES string of the molecule is CCc1nc(C(C(=O)O)C(=O)O)nc(CC)c1Br. The van der Waals surface area contributed by atoms with Crippen molar-refractivity contribution in [2.24, 2.45) is 0 Å². The van der Waals surface area contributed by atoms with Crippen LogP contribution in [0.5, 0.6) is 0 Å². The maximum Gasteiger partial charge on any atom is 0.325 e. The van der Waals surface area contributed by atoms with E-state index in [0.29, 0.717) is 28.7 Å². The van der Waals surface area contributed by atoms with Crippen LogP contribution in [0.3, 0.4) is 0 Å². The number of aromatic nitrogens is 2. The van der Waals surface area contributed by atoms with Gasteiger partial charge in [-0.3, -0.25) is 9.59 Å². The molecule has 6 nitrogen and oxygen atoms in total. The first-order valence-corrected chi connectivity index (χ1v) is 6.22. The number of hydrogen-bond acceptors (Lipinski definition) is 4. The fourth-order valence-electron chi connectivity index (χ4n) is 1.49. The van der Waals surface area contributed by atoms with Crippen molar-refractivity contribution in [2.75, 3.05) is 0 Å². The predicted octanol–water partition coefficient (Wildman–Crippen LogP) is 1.62. The molecule has 0 bridgehead atoms. The Bertz CT molecular complexity index is 451. The molecule has 7 heteroatoms. The van der Waals surface area contributed by atoms with Crippen LogP contribution in [-0.2, 0) is 22.4 Å². The number of halogens is 1. The van der Waals surface area contributed by atoms with E-state index in [1.807, 2.05) is 13.8 Å². The lowest BCUT2D eigenvalue weighted by atomic mass is 10.1. The highest BCUT2D eigenvalue weighted by molar-refractivity contribution is 9.10. The summed E-state index contributed by atoms with van der Waals surface area (Å²) in [5.41, 5.74) is 1.23. The van der Waals surface area contributed by atoms with Gasteiger partial charge in [-0.2, -0.15) is 0 Å². The highest BCUT2D eigenvalue weighted by Gasteiger charge is 2.32. The van der Waals surface area contributed by atoms with Gasteiger partial charge < -0.3 is 10.2 Å². The molecule has 1 aromatic rings. The van der Waals surface area contributed by atoms with E-state index >= 15 is 0 Å². The molecule has 0 radical (unpaired) electrons. The number of nitrogens with zero attached hydrogens (tertiary/aromatic N) is 2. The Morgan fingerprint density at radius 1 is 1.11 bits per heavy atom. The van der Waals surface area contributed by atoms with E-state index in [9.17, 15) is 9.59 Å². The number of aliphatic carboxylic acids is 2. The molecule has 18 heavy (non-hydrogen) atoms. The van der Waals surface area contributed by atoms with Crippen LogP contribution < -0.4 is 0 Å². The topological polar surface area (TPSA) is 100 Å². The molecule has 0 aliphatic heterocycles. The number of hydrogen-bond donors (Lipinski definition) is 2. The summed E-state index contributed by atoms with van der Waals surface area (Å²) in [6.07, 6.45) is 1.13. The Labute approximate surface area is 112 Å². The smallest absolute Gasteiger partial charge is 0.325 e. The molecule has 1 heterocycles. The van der Waals surface area contributed by atoms with Crippen LogP contribution >= 0.6 is 15.9 Å². The van der Waals surface area contributed by atoms with Gasteiger partial charge in [0.25, 0.3) is 0 Å². The largest absolute Gasteiger partial charge is 0.480 e. The first kappa shape index (κ1) is 14.6. The van der Waals surface area contributed by atoms with Crippen LogP contribution in [0, 0.1) is 0 Å². The minimum atomic E-state index is -1.73. The summed E-state index contributed by atoms with van der Waals surface area (Å²) in [5, 5.41) is 17.8. The average Bonchev–Trinajstić information content (AvgIpc) is 2.29. The summed E-state index contributed by atoms with van der Waals surface area (Å²) in [7, 11) is 0. The Balaban J connectivity index is 3.40. The van der Waals surface area contributed by atoms with Gasteiger partial charge in [-0.25, -0.2) is 9.97 Å². The quantitative estimate of drug-likeness (QED) is 0.800. The Kier molecular flexibility index (Phi) is 4.77. The normalized spacial score (nSPS) is 10.7. The first-order chi connectivity index (χ1) is 8.42. The molecule has 0 unspecified atom stereocenters. The highest BCUT2D eigenvalue weighted by Crippen LogP contribution is 2.23. The molecule has 98 valence electrons. The number of rotatable bonds is 5. The molecule has 0 atom stereocenters. The average molecular weight is 317 g/mol. The van der Waals surface area contributed by atoms with Gasteiger partial charge in [0, 0.05) is 0 Å². The Morgan fingerprint density at radius 2 is 1.50 bits per heavy atom. The lowest BCUT2D eigenvalue weighted by Crippen LogP contribution is -2.24. The summed E-state index contributed by atoms with van der Waals surface area (Å²) in [4.78, 5) is 30.0. The fourth-order valence-corrected chi connectivity index (χ4v) is 2.23. The second-order valence-electron chi connectivity index (χ2n) is 3.61. The third-order valence-corrected chi connectivity index (χ3v) is 3.34. The molecule has 0 fully saturated rings. The van der Waals surface area contributed by atoms with Gasteiger partial charge in [-0.1, -0.05) is 13.8 Å². The summed E-state index contributed by atoms with van der Waals surface area (Å²) >= 11 is 3.34. The van der Waals surface area contributed by atoms with E-state index in [0.717, 1.165) is 0 Å². The molecule has 0 aliphatic carbocycles. The van der Waals surface area contributed by atoms with E-state index in [2.05, 4.69) is 25.9 Å².